The monoisotopic (exact) mass is 651 g/mol. The summed E-state index contributed by atoms with van der Waals surface area (Å²) in [6.45, 7) is -0.726. The second-order valence-corrected chi connectivity index (χ2v) is 10.9. The summed E-state index contributed by atoms with van der Waals surface area (Å²) in [5.74, 6) is -3.90. The number of rotatable bonds is 7. The highest BCUT2D eigenvalue weighted by Crippen LogP contribution is 2.38. The standard InChI is InChI=1S/C27H25BrF3N5O6/c1-41-25-23(35-10-17(33-34-35)15-2-3-16(28)22(31)21(15)30)24(39)20(11-37)42-26(25)27(40)36(18-4-5-19(18)38)14-7-12(9-32)6-13(29)8-14/h2-3,6-8,10,18-20,23-26,37-39H,4-5,11H2,1H3/t18-,19-,20-,23+,24+,25-,26-/m1/s1. The van der Waals surface area contributed by atoms with Crippen molar-refractivity contribution in [2.24, 2.45) is 0 Å². The smallest absolute Gasteiger partial charge is 0.259 e. The zero-order valence-electron chi connectivity index (χ0n) is 21.9. The number of anilines is 1. The number of aromatic nitrogens is 3. The minimum absolute atomic E-state index is 0.00208. The van der Waals surface area contributed by atoms with Crippen molar-refractivity contribution < 1.29 is 42.8 Å². The lowest BCUT2D eigenvalue weighted by molar-refractivity contribution is -0.211. The van der Waals surface area contributed by atoms with Crippen molar-refractivity contribution in [2.75, 3.05) is 18.6 Å². The summed E-state index contributed by atoms with van der Waals surface area (Å²) in [6.07, 6.45) is -4.63. The van der Waals surface area contributed by atoms with Crippen LogP contribution < -0.4 is 4.90 Å². The molecule has 222 valence electrons. The van der Waals surface area contributed by atoms with Crippen LogP contribution in [0.2, 0.25) is 0 Å². The number of benzene rings is 2. The first-order valence-corrected chi connectivity index (χ1v) is 13.6. The first-order valence-electron chi connectivity index (χ1n) is 12.8. The molecule has 7 atom stereocenters. The lowest BCUT2D eigenvalue weighted by Gasteiger charge is -2.47. The van der Waals surface area contributed by atoms with E-state index >= 15 is 0 Å². The Kier molecular flexibility index (Phi) is 8.65. The van der Waals surface area contributed by atoms with Crippen LogP contribution in [0.25, 0.3) is 11.3 Å². The van der Waals surface area contributed by atoms with Gasteiger partial charge in [0.05, 0.1) is 41.1 Å². The number of carbonyl (C=O) groups is 1. The maximum atomic E-state index is 14.7. The maximum Gasteiger partial charge on any atom is 0.259 e. The van der Waals surface area contributed by atoms with Crippen LogP contribution in [0.4, 0.5) is 18.9 Å². The maximum absolute atomic E-state index is 14.7. The third kappa shape index (κ3) is 5.30. The molecule has 2 fully saturated rings. The highest BCUT2D eigenvalue weighted by Gasteiger charge is 2.52. The van der Waals surface area contributed by atoms with Crippen molar-refractivity contribution >= 4 is 27.5 Å². The van der Waals surface area contributed by atoms with Gasteiger partial charge in [0, 0.05) is 18.4 Å². The molecule has 2 heterocycles. The van der Waals surface area contributed by atoms with E-state index in [4.69, 9.17) is 9.47 Å². The average molecular weight is 652 g/mol. The van der Waals surface area contributed by atoms with Gasteiger partial charge in [-0.1, -0.05) is 5.21 Å². The van der Waals surface area contributed by atoms with E-state index < -0.39 is 72.6 Å². The van der Waals surface area contributed by atoms with E-state index in [-0.39, 0.29) is 27.0 Å². The fourth-order valence-electron chi connectivity index (χ4n) is 5.29. The van der Waals surface area contributed by atoms with E-state index in [2.05, 4.69) is 26.2 Å². The van der Waals surface area contributed by atoms with Gasteiger partial charge in [-0.05, 0) is 59.1 Å². The minimum atomic E-state index is -1.53. The molecule has 2 aliphatic rings. The van der Waals surface area contributed by atoms with Gasteiger partial charge in [-0.2, -0.15) is 5.26 Å². The van der Waals surface area contributed by atoms with Crippen molar-refractivity contribution in [2.45, 2.75) is 55.4 Å². The number of hydrogen-bond acceptors (Lipinski definition) is 9. The summed E-state index contributed by atoms with van der Waals surface area (Å²) in [4.78, 5) is 15.3. The van der Waals surface area contributed by atoms with Gasteiger partial charge in [0.2, 0.25) is 0 Å². The molecule has 11 nitrogen and oxygen atoms in total. The van der Waals surface area contributed by atoms with E-state index in [1.165, 1.54) is 31.5 Å². The molecular weight excluding hydrogens is 627 g/mol. The Labute approximate surface area is 245 Å². The van der Waals surface area contributed by atoms with Crippen molar-refractivity contribution in [3.63, 3.8) is 0 Å². The van der Waals surface area contributed by atoms with Crippen LogP contribution in [-0.2, 0) is 14.3 Å². The van der Waals surface area contributed by atoms with E-state index in [0.29, 0.717) is 12.8 Å². The summed E-state index contributed by atoms with van der Waals surface area (Å²) in [5, 5.41) is 48.8. The van der Waals surface area contributed by atoms with Gasteiger partial charge in [-0.15, -0.1) is 5.10 Å². The van der Waals surface area contributed by atoms with Crippen molar-refractivity contribution in [1.82, 2.24) is 15.0 Å². The number of nitrogens with zero attached hydrogens (tertiary/aromatic N) is 5. The largest absolute Gasteiger partial charge is 0.394 e. The molecule has 0 bridgehead atoms. The molecule has 1 saturated carbocycles. The summed E-state index contributed by atoms with van der Waals surface area (Å²) in [5.41, 5.74) is -0.359. The van der Waals surface area contributed by atoms with Crippen LogP contribution in [0.1, 0.15) is 24.4 Å². The predicted octanol–water partition coefficient (Wildman–Crippen LogP) is 2.23. The van der Waals surface area contributed by atoms with E-state index in [1.54, 1.807) is 0 Å². The van der Waals surface area contributed by atoms with Crippen LogP contribution in [0.15, 0.2) is 41.0 Å². The normalized spacial score (nSPS) is 27.3. The SMILES string of the molecule is CO[C@@H]1[C@@H](n2cc(-c3ccc(Br)c(F)c3F)nn2)[C@@H](O)[C@@H](CO)O[C@H]1C(=O)N(c1cc(F)cc(C#N)c1)[C@@H]1CC[C@H]1O. The number of aliphatic hydroxyl groups excluding tert-OH is 3. The summed E-state index contributed by atoms with van der Waals surface area (Å²) in [7, 11) is 1.24. The molecule has 42 heavy (non-hydrogen) atoms. The lowest BCUT2D eigenvalue weighted by Crippen LogP contribution is -2.64. The van der Waals surface area contributed by atoms with E-state index in [1.807, 2.05) is 6.07 Å². The molecule has 1 aliphatic heterocycles. The van der Waals surface area contributed by atoms with Gasteiger partial charge in [0.25, 0.3) is 5.91 Å². The highest BCUT2D eigenvalue weighted by molar-refractivity contribution is 9.10. The Morgan fingerprint density at radius 1 is 1.24 bits per heavy atom. The van der Waals surface area contributed by atoms with Gasteiger partial charge >= 0.3 is 0 Å². The molecule has 15 heteroatoms. The molecule has 1 aliphatic carbocycles. The van der Waals surface area contributed by atoms with Crippen LogP contribution in [-0.4, -0.2) is 86.5 Å². The number of aliphatic hydroxyl groups is 3. The summed E-state index contributed by atoms with van der Waals surface area (Å²) in [6, 6.07) is 5.73. The number of hydrogen-bond donors (Lipinski definition) is 3. The fraction of sp³-hybridized carbons (Fsp3) is 0.407. The van der Waals surface area contributed by atoms with Crippen LogP contribution in [0.3, 0.4) is 0 Å². The van der Waals surface area contributed by atoms with Crippen molar-refractivity contribution in [3.05, 3.63) is 64.0 Å². The Bertz CT molecular complexity index is 1540. The number of halogens is 4. The average Bonchev–Trinajstić information content (AvgIpc) is 3.46. The molecule has 0 unspecified atom stereocenters. The van der Waals surface area contributed by atoms with E-state index in [0.717, 1.165) is 21.7 Å². The summed E-state index contributed by atoms with van der Waals surface area (Å²) >= 11 is 2.91. The molecule has 2 aromatic carbocycles. The Hall–Kier alpha value is -3.39. The molecular formula is C27H25BrF3N5O6. The zero-order valence-corrected chi connectivity index (χ0v) is 23.5. The first-order chi connectivity index (χ1) is 20.1. The van der Waals surface area contributed by atoms with Crippen LogP contribution in [0.5, 0.6) is 0 Å². The minimum Gasteiger partial charge on any atom is -0.394 e. The second kappa shape index (κ2) is 12.1. The molecule has 0 radical (unpaired) electrons. The Morgan fingerprint density at radius 3 is 2.62 bits per heavy atom. The highest BCUT2D eigenvalue weighted by atomic mass is 79.9. The molecule has 0 spiro atoms. The third-order valence-electron chi connectivity index (χ3n) is 7.57. The zero-order chi connectivity index (χ0) is 30.3. The van der Waals surface area contributed by atoms with E-state index in [9.17, 15) is 38.5 Å². The predicted molar refractivity (Wildman–Crippen MR) is 142 cm³/mol. The molecule has 1 aromatic heterocycles. The quantitative estimate of drug-likeness (QED) is 0.326. The number of nitriles is 1. The topological polar surface area (TPSA) is 154 Å². The number of amides is 1. The van der Waals surface area contributed by atoms with Gasteiger partial charge in [0.15, 0.2) is 17.7 Å². The van der Waals surface area contributed by atoms with Crippen molar-refractivity contribution in [3.8, 4) is 17.3 Å². The molecule has 1 saturated heterocycles. The van der Waals surface area contributed by atoms with Gasteiger partial charge in [-0.3, -0.25) is 4.79 Å². The Balaban J connectivity index is 1.54. The number of carbonyl (C=O) groups excluding carboxylic acids is 1. The molecule has 5 rings (SSSR count). The first kappa shape index (κ1) is 30.1. The molecule has 3 aromatic rings. The third-order valence-corrected chi connectivity index (χ3v) is 8.18. The van der Waals surface area contributed by atoms with Gasteiger partial charge in [0.1, 0.15) is 35.9 Å². The second-order valence-electron chi connectivity index (χ2n) is 10.00. The fourth-order valence-corrected chi connectivity index (χ4v) is 5.60. The van der Waals surface area contributed by atoms with Crippen LogP contribution >= 0.6 is 15.9 Å². The molecule has 1 amide bonds. The number of methoxy groups -OCH3 is 1. The van der Waals surface area contributed by atoms with Gasteiger partial charge < -0.3 is 29.7 Å². The number of ether oxygens (including phenoxy) is 2. The van der Waals surface area contributed by atoms with Crippen molar-refractivity contribution in [1.29, 1.82) is 5.26 Å². The Morgan fingerprint density at radius 2 is 2.00 bits per heavy atom. The van der Waals surface area contributed by atoms with Gasteiger partial charge in [-0.25, -0.2) is 17.9 Å². The molecule has 3 N–H and O–H groups in total. The van der Waals surface area contributed by atoms with Crippen LogP contribution in [0, 0.1) is 28.8 Å². The lowest BCUT2D eigenvalue weighted by atomic mass is 9.85. The summed E-state index contributed by atoms with van der Waals surface area (Å²) < 4.78 is 55.7.